The van der Waals surface area contributed by atoms with Gasteiger partial charge in [-0.3, -0.25) is 4.79 Å². The molecule has 3 heteroatoms. The summed E-state index contributed by atoms with van der Waals surface area (Å²) in [4.78, 5) is 11.8. The molecule has 0 aromatic heterocycles. The molecule has 1 aliphatic heterocycles. The van der Waals surface area contributed by atoms with Crippen LogP contribution in [0.1, 0.15) is 38.5 Å². The minimum absolute atomic E-state index is 0.625. The number of carbonyl (C=O) groups is 1. The Morgan fingerprint density at radius 1 is 1.14 bits per heavy atom. The van der Waals surface area contributed by atoms with Crippen LogP contribution in [0.25, 0.3) is 0 Å². The van der Waals surface area contributed by atoms with E-state index in [1.807, 2.05) is 0 Å². The van der Waals surface area contributed by atoms with Crippen LogP contribution in [0.3, 0.4) is 0 Å². The van der Waals surface area contributed by atoms with Crippen LogP contribution in [0.5, 0.6) is 0 Å². The average Bonchev–Trinajstić information content (AvgIpc) is 2.89. The molecule has 1 amide bonds. The second-order valence-corrected chi connectivity index (χ2v) is 4.09. The Labute approximate surface area is 86.9 Å². The number of nitrogens with one attached hydrogen (secondary N) is 1. The van der Waals surface area contributed by atoms with E-state index in [0.29, 0.717) is 6.41 Å². The van der Waals surface area contributed by atoms with E-state index in [2.05, 4.69) is 10.2 Å². The van der Waals surface area contributed by atoms with Gasteiger partial charge in [-0.25, -0.2) is 0 Å². The summed E-state index contributed by atoms with van der Waals surface area (Å²) in [5, 5.41) is 2.25. The van der Waals surface area contributed by atoms with Crippen molar-refractivity contribution in [1.29, 1.82) is 0 Å². The summed E-state index contributed by atoms with van der Waals surface area (Å²) in [7, 11) is 1.56. The third-order valence-electron chi connectivity index (χ3n) is 3.10. The lowest BCUT2D eigenvalue weighted by Gasteiger charge is -2.22. The molecule has 2 rings (SSSR count). The van der Waals surface area contributed by atoms with Crippen LogP contribution in [0.4, 0.5) is 0 Å². The number of hydrogen-bond donors (Lipinski definition) is 1. The van der Waals surface area contributed by atoms with E-state index in [1.165, 1.54) is 51.6 Å². The topological polar surface area (TPSA) is 32.3 Å². The van der Waals surface area contributed by atoms with Crippen molar-refractivity contribution in [3.05, 3.63) is 0 Å². The molecular weight excluding hydrogens is 176 g/mol. The van der Waals surface area contributed by atoms with Gasteiger partial charge in [0.1, 0.15) is 0 Å². The van der Waals surface area contributed by atoms with E-state index in [4.69, 9.17) is 4.79 Å². The van der Waals surface area contributed by atoms with Crippen molar-refractivity contribution in [3.63, 3.8) is 0 Å². The summed E-state index contributed by atoms with van der Waals surface area (Å²) >= 11 is 0. The highest BCUT2D eigenvalue weighted by atomic mass is 16.1. The number of carbonyl (C=O) groups excluding carboxylic acids is 1. The molecule has 1 heterocycles. The van der Waals surface area contributed by atoms with Gasteiger partial charge in [0.2, 0.25) is 6.41 Å². The van der Waals surface area contributed by atoms with Gasteiger partial charge < -0.3 is 10.2 Å². The Morgan fingerprint density at radius 2 is 1.64 bits per heavy atom. The molecule has 1 aliphatic carbocycles. The molecule has 0 radical (unpaired) electrons. The molecule has 0 atom stereocenters. The minimum atomic E-state index is 0.625. The van der Waals surface area contributed by atoms with Crippen LogP contribution in [-0.4, -0.2) is 37.5 Å². The first-order valence-corrected chi connectivity index (χ1v) is 5.73. The fourth-order valence-electron chi connectivity index (χ4n) is 2.38. The third kappa shape index (κ3) is 3.66. The largest absolute Gasteiger partial charge is 0.362 e. The van der Waals surface area contributed by atoms with Gasteiger partial charge in [-0.2, -0.15) is 0 Å². The van der Waals surface area contributed by atoms with Crippen LogP contribution in [0.2, 0.25) is 0 Å². The van der Waals surface area contributed by atoms with Crippen molar-refractivity contribution in [2.24, 2.45) is 0 Å². The van der Waals surface area contributed by atoms with Crippen LogP contribution in [0.15, 0.2) is 0 Å². The Bertz CT molecular complexity index is 135. The van der Waals surface area contributed by atoms with E-state index in [1.54, 1.807) is 7.05 Å². The highest BCUT2D eigenvalue weighted by Crippen LogP contribution is 2.25. The maximum Gasteiger partial charge on any atom is 0.206 e. The first-order chi connectivity index (χ1) is 6.88. The molecule has 1 saturated heterocycles. The smallest absolute Gasteiger partial charge is 0.206 e. The van der Waals surface area contributed by atoms with E-state index in [9.17, 15) is 0 Å². The number of likely N-dealkylation sites (tertiary alicyclic amines) is 1. The van der Waals surface area contributed by atoms with Crippen LogP contribution < -0.4 is 5.32 Å². The zero-order valence-electron chi connectivity index (χ0n) is 9.17. The van der Waals surface area contributed by atoms with E-state index >= 15 is 0 Å². The van der Waals surface area contributed by atoms with Gasteiger partial charge in [-0.05, 0) is 38.8 Å². The minimum Gasteiger partial charge on any atom is -0.362 e. The van der Waals surface area contributed by atoms with E-state index < -0.39 is 0 Å². The summed E-state index contributed by atoms with van der Waals surface area (Å²) in [6, 6.07) is 0.988. The van der Waals surface area contributed by atoms with Gasteiger partial charge >= 0.3 is 0 Å². The standard InChI is InChI=1S/C9H17N.C2H5NO/c1-2-6-9(5-1)10-7-3-4-8-10;1-3-2-4/h9H,1-8H2;2H,1H3,(H,3,4). The van der Waals surface area contributed by atoms with Gasteiger partial charge in [0.15, 0.2) is 0 Å². The lowest BCUT2D eigenvalue weighted by molar-refractivity contribution is -0.109. The molecule has 0 spiro atoms. The lowest BCUT2D eigenvalue weighted by Crippen LogP contribution is -2.29. The SMILES string of the molecule is C1CCC(N2CCCC2)C1.CNC=O. The second-order valence-electron chi connectivity index (χ2n) is 4.09. The van der Waals surface area contributed by atoms with Crippen LogP contribution in [-0.2, 0) is 4.79 Å². The first kappa shape index (κ1) is 11.5. The summed E-state index contributed by atoms with van der Waals surface area (Å²) in [6.07, 6.45) is 9.48. The Balaban J connectivity index is 0.000000213. The summed E-state index contributed by atoms with van der Waals surface area (Å²) in [5.74, 6) is 0. The summed E-state index contributed by atoms with van der Waals surface area (Å²) in [5.41, 5.74) is 0. The van der Waals surface area contributed by atoms with Crippen LogP contribution >= 0.6 is 0 Å². The summed E-state index contributed by atoms with van der Waals surface area (Å²) in [6.45, 7) is 2.79. The van der Waals surface area contributed by atoms with Crippen molar-refractivity contribution in [3.8, 4) is 0 Å². The monoisotopic (exact) mass is 198 g/mol. The third-order valence-corrected chi connectivity index (χ3v) is 3.10. The normalized spacial score (nSPS) is 22.9. The maximum atomic E-state index is 9.06. The van der Waals surface area contributed by atoms with Crippen molar-refractivity contribution in [2.45, 2.75) is 44.6 Å². The molecule has 0 aromatic carbocycles. The zero-order valence-corrected chi connectivity index (χ0v) is 9.17. The van der Waals surface area contributed by atoms with Gasteiger partial charge in [0, 0.05) is 13.1 Å². The molecular formula is C11H22N2O. The van der Waals surface area contributed by atoms with Gasteiger partial charge in [-0.1, -0.05) is 12.8 Å². The molecule has 1 N–H and O–H groups in total. The van der Waals surface area contributed by atoms with E-state index in [-0.39, 0.29) is 0 Å². The predicted molar refractivity (Wildman–Crippen MR) is 58.2 cm³/mol. The number of amides is 1. The van der Waals surface area contributed by atoms with Crippen molar-refractivity contribution >= 4 is 6.41 Å². The second kappa shape index (κ2) is 6.82. The quantitative estimate of drug-likeness (QED) is 0.680. The van der Waals surface area contributed by atoms with Crippen LogP contribution in [0, 0.1) is 0 Å². The molecule has 14 heavy (non-hydrogen) atoms. The molecule has 3 nitrogen and oxygen atoms in total. The molecule has 82 valence electrons. The highest BCUT2D eigenvalue weighted by Gasteiger charge is 2.24. The maximum absolute atomic E-state index is 9.06. The molecule has 2 fully saturated rings. The Kier molecular flexibility index (Phi) is 5.60. The lowest BCUT2D eigenvalue weighted by atomic mass is 10.2. The predicted octanol–water partition coefficient (Wildman–Crippen LogP) is 1.39. The summed E-state index contributed by atoms with van der Waals surface area (Å²) < 4.78 is 0. The molecule has 0 unspecified atom stereocenters. The zero-order chi connectivity index (χ0) is 10.2. The first-order valence-electron chi connectivity index (χ1n) is 5.73. The number of rotatable bonds is 2. The number of nitrogens with zero attached hydrogens (tertiary/aromatic N) is 1. The Morgan fingerprint density at radius 3 is 2.07 bits per heavy atom. The molecule has 0 aromatic rings. The van der Waals surface area contributed by atoms with Crippen molar-refractivity contribution in [1.82, 2.24) is 10.2 Å². The average molecular weight is 198 g/mol. The van der Waals surface area contributed by atoms with Gasteiger partial charge in [0.05, 0.1) is 0 Å². The number of hydrogen-bond acceptors (Lipinski definition) is 2. The van der Waals surface area contributed by atoms with Crippen molar-refractivity contribution < 1.29 is 4.79 Å². The fraction of sp³-hybridized carbons (Fsp3) is 0.909. The van der Waals surface area contributed by atoms with Crippen molar-refractivity contribution in [2.75, 3.05) is 20.1 Å². The van der Waals surface area contributed by atoms with Gasteiger partial charge in [-0.15, -0.1) is 0 Å². The molecule has 2 aliphatic rings. The highest BCUT2D eigenvalue weighted by molar-refractivity contribution is 5.44. The Hall–Kier alpha value is -0.570. The molecule has 0 bridgehead atoms. The fourth-order valence-corrected chi connectivity index (χ4v) is 2.38. The van der Waals surface area contributed by atoms with Gasteiger partial charge in [0.25, 0.3) is 0 Å². The molecule has 1 saturated carbocycles. The van der Waals surface area contributed by atoms with E-state index in [0.717, 1.165) is 6.04 Å².